The van der Waals surface area contributed by atoms with Gasteiger partial charge in [0, 0.05) is 37.8 Å². The second-order valence-electron chi connectivity index (χ2n) is 11.0. The Kier molecular flexibility index (Phi) is 10.6. The molecule has 2 aliphatic rings. The summed E-state index contributed by atoms with van der Waals surface area (Å²) in [5.74, 6) is -1.21. The van der Waals surface area contributed by atoms with Crippen LogP contribution in [0.4, 0.5) is 4.79 Å². The van der Waals surface area contributed by atoms with Crippen LogP contribution < -0.4 is 14.8 Å². The van der Waals surface area contributed by atoms with E-state index in [1.165, 1.54) is 23.1 Å². The normalized spacial score (nSPS) is 15.6. The molecule has 1 saturated carbocycles. The van der Waals surface area contributed by atoms with E-state index in [1.54, 1.807) is 24.0 Å². The van der Waals surface area contributed by atoms with Gasteiger partial charge in [0.05, 0.1) is 6.61 Å². The third-order valence-electron chi connectivity index (χ3n) is 7.77. The number of ether oxygens (including phenoxy) is 3. The first-order chi connectivity index (χ1) is 22.3. The molecule has 0 unspecified atom stereocenters. The van der Waals surface area contributed by atoms with Crippen molar-refractivity contribution >= 4 is 23.9 Å². The molecule has 2 heterocycles. The van der Waals surface area contributed by atoms with Gasteiger partial charge in [0.2, 0.25) is 11.8 Å². The highest BCUT2D eigenvalue weighted by Gasteiger charge is 2.32. The van der Waals surface area contributed by atoms with Gasteiger partial charge in [-0.1, -0.05) is 42.5 Å². The van der Waals surface area contributed by atoms with Gasteiger partial charge >= 0.3 is 12.1 Å². The molecule has 46 heavy (non-hydrogen) atoms. The first-order valence-electron chi connectivity index (χ1n) is 15.4. The average molecular weight is 632 g/mol. The van der Waals surface area contributed by atoms with E-state index in [9.17, 15) is 19.2 Å². The van der Waals surface area contributed by atoms with E-state index in [2.05, 4.69) is 15.3 Å². The fourth-order valence-corrected chi connectivity index (χ4v) is 5.40. The van der Waals surface area contributed by atoms with Gasteiger partial charge in [-0.15, -0.1) is 0 Å². The van der Waals surface area contributed by atoms with Gasteiger partial charge in [-0.05, 0) is 50.3 Å². The van der Waals surface area contributed by atoms with Crippen molar-refractivity contribution < 1.29 is 38.5 Å². The zero-order valence-corrected chi connectivity index (χ0v) is 25.6. The Morgan fingerprint density at radius 2 is 1.61 bits per heavy atom. The summed E-state index contributed by atoms with van der Waals surface area (Å²) < 4.78 is 16.5. The van der Waals surface area contributed by atoms with Crippen LogP contribution in [0.3, 0.4) is 0 Å². The van der Waals surface area contributed by atoms with Crippen molar-refractivity contribution in [3.05, 3.63) is 71.9 Å². The molecule has 13 heteroatoms. The number of carbonyl (C=O) groups is 4. The third kappa shape index (κ3) is 8.29. The Balaban J connectivity index is 1.41. The highest BCUT2D eigenvalue weighted by Crippen LogP contribution is 2.27. The minimum Gasteiger partial charge on any atom is -0.482 e. The average Bonchev–Trinajstić information content (AvgIpc) is 3.59. The number of carbonyl (C=O) groups excluding carboxylic acids is 3. The molecule has 1 aromatic heterocycles. The lowest BCUT2D eigenvalue weighted by Gasteiger charge is -2.36. The second-order valence-corrected chi connectivity index (χ2v) is 11.0. The number of hydrogen-bond acceptors (Lipinski definition) is 9. The SMILES string of the molecule is CCOC(=O)N1CCN(C(=O)[C@@H](NC(=O)c2cc(OC3CCCC3)nc(-c3ccccc3)n2)c2ccc(OCC(=O)O)cc2)CC1. The molecule has 5 rings (SSSR count). The van der Waals surface area contributed by atoms with Crippen LogP contribution in [0.25, 0.3) is 11.4 Å². The van der Waals surface area contributed by atoms with Gasteiger partial charge in [-0.3, -0.25) is 9.59 Å². The maximum absolute atomic E-state index is 14.0. The van der Waals surface area contributed by atoms with E-state index in [1.807, 2.05) is 30.3 Å². The van der Waals surface area contributed by atoms with Crippen LogP contribution >= 0.6 is 0 Å². The Hall–Kier alpha value is -5.20. The number of nitrogens with one attached hydrogen (secondary N) is 1. The summed E-state index contributed by atoms with van der Waals surface area (Å²) in [5.41, 5.74) is 1.19. The van der Waals surface area contributed by atoms with Gasteiger partial charge in [-0.2, -0.15) is 4.98 Å². The maximum Gasteiger partial charge on any atom is 0.409 e. The molecular weight excluding hydrogens is 594 g/mol. The van der Waals surface area contributed by atoms with Crippen LogP contribution in [-0.4, -0.2) is 94.2 Å². The first kappa shape index (κ1) is 32.2. The number of aliphatic carboxylic acids is 1. The van der Waals surface area contributed by atoms with Crippen molar-refractivity contribution in [1.29, 1.82) is 0 Å². The molecule has 2 fully saturated rings. The standard InChI is InChI=1S/C33H37N5O8/c1-2-44-33(43)38-18-16-37(17-19-38)32(42)29(22-12-14-24(15-13-22)45-21-28(39)40)36-31(41)26-20-27(46-25-10-6-7-11-25)35-30(34-26)23-8-4-3-5-9-23/h3-5,8-9,12-15,20,25,29H,2,6-7,10-11,16-19,21H2,1H3,(H,36,41)(H,39,40)/t29-/m0/s1. The molecule has 13 nitrogen and oxygen atoms in total. The van der Waals surface area contributed by atoms with Crippen LogP contribution in [0, 0.1) is 0 Å². The number of carboxylic acids is 1. The van der Waals surface area contributed by atoms with E-state index in [0.717, 1.165) is 25.7 Å². The summed E-state index contributed by atoms with van der Waals surface area (Å²) in [6.07, 6.45) is 3.49. The Morgan fingerprint density at radius 1 is 0.935 bits per heavy atom. The van der Waals surface area contributed by atoms with Crippen LogP contribution in [0.5, 0.6) is 11.6 Å². The molecule has 3 aromatic rings. The highest BCUT2D eigenvalue weighted by atomic mass is 16.6. The Bertz CT molecular complexity index is 1520. The van der Waals surface area contributed by atoms with E-state index >= 15 is 0 Å². The predicted molar refractivity (Wildman–Crippen MR) is 165 cm³/mol. The summed E-state index contributed by atoms with van der Waals surface area (Å²) >= 11 is 0. The first-order valence-corrected chi connectivity index (χ1v) is 15.4. The molecule has 2 N–H and O–H groups in total. The van der Waals surface area contributed by atoms with Crippen molar-refractivity contribution in [1.82, 2.24) is 25.1 Å². The molecule has 0 radical (unpaired) electrons. The summed E-state index contributed by atoms with van der Waals surface area (Å²) in [6.45, 7) is 2.51. The lowest BCUT2D eigenvalue weighted by atomic mass is 10.0. The van der Waals surface area contributed by atoms with Crippen LogP contribution in [0.15, 0.2) is 60.7 Å². The number of aromatic nitrogens is 2. The van der Waals surface area contributed by atoms with Gasteiger partial charge in [0.15, 0.2) is 12.4 Å². The zero-order chi connectivity index (χ0) is 32.5. The smallest absolute Gasteiger partial charge is 0.409 e. The van der Waals surface area contributed by atoms with E-state index in [4.69, 9.17) is 19.3 Å². The highest BCUT2D eigenvalue weighted by molar-refractivity contribution is 5.97. The summed E-state index contributed by atoms with van der Waals surface area (Å²) in [5, 5.41) is 11.8. The Labute approximate surface area is 266 Å². The number of carboxylic acid groups (broad SMARTS) is 1. The zero-order valence-electron chi connectivity index (χ0n) is 25.6. The minimum atomic E-state index is -1.12. The number of amides is 3. The number of rotatable bonds is 11. The summed E-state index contributed by atoms with van der Waals surface area (Å²) in [7, 11) is 0. The van der Waals surface area contributed by atoms with Crippen molar-refractivity contribution in [2.45, 2.75) is 44.8 Å². The van der Waals surface area contributed by atoms with Crippen LogP contribution in [0.1, 0.15) is 54.7 Å². The molecule has 1 aliphatic carbocycles. The fraction of sp³-hybridized carbons (Fsp3) is 0.394. The number of piperazine rings is 1. The molecular formula is C33H37N5O8. The largest absolute Gasteiger partial charge is 0.482 e. The molecule has 1 saturated heterocycles. The van der Waals surface area contributed by atoms with Crippen LogP contribution in [-0.2, 0) is 14.3 Å². The molecule has 2 aromatic carbocycles. The summed E-state index contributed by atoms with van der Waals surface area (Å²) in [4.78, 5) is 63.2. The molecule has 0 bridgehead atoms. The lowest BCUT2D eigenvalue weighted by molar-refractivity contribution is -0.139. The number of benzene rings is 2. The fourth-order valence-electron chi connectivity index (χ4n) is 5.40. The van der Waals surface area contributed by atoms with Gasteiger partial charge in [0.25, 0.3) is 5.91 Å². The monoisotopic (exact) mass is 631 g/mol. The molecule has 0 spiro atoms. The molecule has 3 amide bonds. The maximum atomic E-state index is 14.0. The van der Waals surface area contributed by atoms with E-state index in [-0.39, 0.29) is 56.4 Å². The summed E-state index contributed by atoms with van der Waals surface area (Å²) in [6, 6.07) is 15.9. The van der Waals surface area contributed by atoms with Crippen molar-refractivity contribution in [3.8, 4) is 23.0 Å². The lowest BCUT2D eigenvalue weighted by Crippen LogP contribution is -2.53. The second kappa shape index (κ2) is 15.2. The third-order valence-corrected chi connectivity index (χ3v) is 7.77. The van der Waals surface area contributed by atoms with E-state index < -0.39 is 30.6 Å². The molecule has 242 valence electrons. The number of hydrogen-bond donors (Lipinski definition) is 2. The van der Waals surface area contributed by atoms with Gasteiger partial charge in [-0.25, -0.2) is 14.6 Å². The molecule has 1 aliphatic heterocycles. The van der Waals surface area contributed by atoms with Crippen molar-refractivity contribution in [3.63, 3.8) is 0 Å². The topological polar surface area (TPSA) is 160 Å². The Morgan fingerprint density at radius 3 is 2.26 bits per heavy atom. The quantitative estimate of drug-likeness (QED) is 0.319. The van der Waals surface area contributed by atoms with Crippen molar-refractivity contribution in [2.75, 3.05) is 39.4 Å². The van der Waals surface area contributed by atoms with Crippen molar-refractivity contribution in [2.24, 2.45) is 0 Å². The predicted octanol–water partition coefficient (Wildman–Crippen LogP) is 3.70. The minimum absolute atomic E-state index is 0.00102. The van der Waals surface area contributed by atoms with Gasteiger partial charge in [0.1, 0.15) is 23.6 Å². The van der Waals surface area contributed by atoms with Crippen LogP contribution in [0.2, 0.25) is 0 Å². The van der Waals surface area contributed by atoms with Gasteiger partial charge < -0.3 is 34.4 Å². The number of nitrogens with zero attached hydrogens (tertiary/aromatic N) is 4. The van der Waals surface area contributed by atoms with E-state index in [0.29, 0.717) is 22.7 Å². The molecule has 1 atom stereocenters.